The molecule has 24 heavy (non-hydrogen) atoms. The molecule has 1 heterocycles. The zero-order chi connectivity index (χ0) is 17.0. The third kappa shape index (κ3) is 3.27. The molecule has 5 heteroatoms. The Morgan fingerprint density at radius 2 is 2.29 bits per heavy atom. The Morgan fingerprint density at radius 3 is 2.92 bits per heavy atom. The van der Waals surface area contributed by atoms with Gasteiger partial charge in [0.1, 0.15) is 0 Å². The first-order chi connectivity index (χ1) is 11.7. The van der Waals surface area contributed by atoms with Crippen molar-refractivity contribution in [2.45, 2.75) is 58.1 Å². The molecule has 2 saturated carbocycles. The average molecular weight is 330 g/mol. The van der Waals surface area contributed by atoms with Gasteiger partial charge in [0.15, 0.2) is 5.96 Å². The van der Waals surface area contributed by atoms with Crippen molar-refractivity contribution in [1.29, 1.82) is 0 Å². The van der Waals surface area contributed by atoms with Gasteiger partial charge in [0.25, 0.3) is 0 Å². The number of hydrogen-bond donors (Lipinski definition) is 2. The molecule has 0 aliphatic heterocycles. The lowest BCUT2D eigenvalue weighted by Crippen LogP contribution is -2.68. The molecule has 0 bridgehead atoms. The van der Waals surface area contributed by atoms with Crippen LogP contribution < -0.4 is 10.6 Å². The van der Waals surface area contributed by atoms with Gasteiger partial charge >= 0.3 is 0 Å². The summed E-state index contributed by atoms with van der Waals surface area (Å²) in [5, 5.41) is 7.09. The van der Waals surface area contributed by atoms with E-state index >= 15 is 0 Å². The summed E-state index contributed by atoms with van der Waals surface area (Å²) in [4.78, 5) is 8.55. The minimum Gasteiger partial charge on any atom is -0.378 e. The second kappa shape index (κ2) is 7.51. The van der Waals surface area contributed by atoms with E-state index in [4.69, 9.17) is 4.74 Å². The summed E-state index contributed by atoms with van der Waals surface area (Å²) in [6, 6.07) is 2.59. The predicted molar refractivity (Wildman–Crippen MR) is 97.3 cm³/mol. The van der Waals surface area contributed by atoms with Crippen LogP contribution in [-0.4, -0.2) is 43.3 Å². The average Bonchev–Trinajstić information content (AvgIpc) is 2.52. The highest BCUT2D eigenvalue weighted by Crippen LogP contribution is 2.57. The first kappa shape index (κ1) is 17.2. The maximum absolute atomic E-state index is 5.93. The molecule has 2 aliphatic rings. The summed E-state index contributed by atoms with van der Waals surface area (Å²) in [5.74, 6) is 0.910. The topological polar surface area (TPSA) is 58.5 Å². The molecule has 2 aliphatic carbocycles. The van der Waals surface area contributed by atoms with E-state index < -0.39 is 0 Å². The van der Waals surface area contributed by atoms with E-state index in [-0.39, 0.29) is 0 Å². The summed E-state index contributed by atoms with van der Waals surface area (Å²) >= 11 is 0. The zero-order valence-corrected chi connectivity index (χ0v) is 15.1. The number of guanidine groups is 1. The number of aromatic nitrogens is 1. The Hall–Kier alpha value is -1.62. The Labute approximate surface area is 145 Å². The zero-order valence-electron chi connectivity index (χ0n) is 15.1. The molecule has 1 aromatic heterocycles. The molecule has 0 radical (unpaired) electrons. The van der Waals surface area contributed by atoms with Gasteiger partial charge in [-0.1, -0.05) is 6.42 Å². The van der Waals surface area contributed by atoms with Crippen LogP contribution >= 0.6 is 0 Å². The molecule has 132 valence electrons. The number of aliphatic imine (C=N–C) groups is 1. The minimum atomic E-state index is 0.356. The second-order valence-electron chi connectivity index (χ2n) is 7.01. The highest BCUT2D eigenvalue weighted by atomic mass is 16.5. The number of nitrogens with one attached hydrogen (secondary N) is 2. The minimum absolute atomic E-state index is 0.356. The Kier molecular flexibility index (Phi) is 5.39. The fourth-order valence-corrected chi connectivity index (χ4v) is 4.10. The van der Waals surface area contributed by atoms with Crippen LogP contribution in [0.2, 0.25) is 0 Å². The van der Waals surface area contributed by atoms with Gasteiger partial charge in [-0.05, 0) is 56.7 Å². The van der Waals surface area contributed by atoms with Crippen molar-refractivity contribution in [1.82, 2.24) is 15.6 Å². The molecule has 0 amide bonds. The van der Waals surface area contributed by atoms with Gasteiger partial charge in [0, 0.05) is 44.0 Å². The smallest absolute Gasteiger partial charge is 0.191 e. The summed E-state index contributed by atoms with van der Waals surface area (Å²) in [6.07, 6.45) is 10.2. The first-order valence-corrected chi connectivity index (χ1v) is 9.18. The standard InChI is InChI=1S/C19H30N4O/c1-4-24-17-12-16(19(17)8-5-9-19)23-18(20-3)22-11-7-15-6-10-21-13-14(15)2/h6,10,13,16-17H,4-5,7-9,11-12H2,1-3H3,(H2,20,22,23). The summed E-state index contributed by atoms with van der Waals surface area (Å²) < 4.78 is 5.93. The lowest BCUT2D eigenvalue weighted by atomic mass is 9.51. The lowest BCUT2D eigenvalue weighted by molar-refractivity contribution is -0.168. The summed E-state index contributed by atoms with van der Waals surface area (Å²) in [7, 11) is 1.85. The Balaban J connectivity index is 1.48. The largest absolute Gasteiger partial charge is 0.378 e. The normalized spacial score (nSPS) is 25.0. The van der Waals surface area contributed by atoms with E-state index in [0.29, 0.717) is 17.6 Å². The van der Waals surface area contributed by atoms with E-state index in [1.807, 2.05) is 19.4 Å². The predicted octanol–water partition coefficient (Wildman–Crippen LogP) is 2.45. The molecule has 0 aromatic carbocycles. The molecule has 1 aromatic rings. The maximum Gasteiger partial charge on any atom is 0.191 e. The maximum atomic E-state index is 5.93. The van der Waals surface area contributed by atoms with Crippen LogP contribution in [-0.2, 0) is 11.2 Å². The van der Waals surface area contributed by atoms with Crippen molar-refractivity contribution in [3.8, 4) is 0 Å². The van der Waals surface area contributed by atoms with Crippen LogP contribution in [0.4, 0.5) is 0 Å². The monoisotopic (exact) mass is 330 g/mol. The second-order valence-corrected chi connectivity index (χ2v) is 7.01. The molecular formula is C19H30N4O. The van der Waals surface area contributed by atoms with E-state index in [9.17, 15) is 0 Å². The molecular weight excluding hydrogens is 300 g/mol. The quantitative estimate of drug-likeness (QED) is 0.621. The lowest BCUT2D eigenvalue weighted by Gasteiger charge is -2.61. The molecule has 2 atom stereocenters. The summed E-state index contributed by atoms with van der Waals surface area (Å²) in [6.45, 7) is 5.89. The van der Waals surface area contributed by atoms with Gasteiger partial charge in [-0.3, -0.25) is 9.98 Å². The van der Waals surface area contributed by atoms with Gasteiger partial charge in [-0.2, -0.15) is 0 Å². The van der Waals surface area contributed by atoms with Crippen LogP contribution in [0.15, 0.2) is 23.5 Å². The van der Waals surface area contributed by atoms with E-state index in [1.54, 1.807) is 0 Å². The highest BCUT2D eigenvalue weighted by Gasteiger charge is 2.59. The number of nitrogens with zero attached hydrogens (tertiary/aromatic N) is 2. The van der Waals surface area contributed by atoms with Crippen molar-refractivity contribution in [3.63, 3.8) is 0 Å². The Bertz CT molecular complexity index is 582. The molecule has 1 spiro atoms. The number of rotatable bonds is 6. The van der Waals surface area contributed by atoms with Crippen LogP contribution in [0.3, 0.4) is 0 Å². The van der Waals surface area contributed by atoms with Gasteiger partial charge in [0.05, 0.1) is 6.10 Å². The van der Waals surface area contributed by atoms with E-state index in [0.717, 1.165) is 32.0 Å². The number of hydrogen-bond acceptors (Lipinski definition) is 3. The first-order valence-electron chi connectivity index (χ1n) is 9.18. The van der Waals surface area contributed by atoms with E-state index in [1.165, 1.54) is 30.4 Å². The number of ether oxygens (including phenoxy) is 1. The van der Waals surface area contributed by atoms with Crippen LogP contribution in [0.25, 0.3) is 0 Å². The summed E-state index contributed by atoms with van der Waals surface area (Å²) in [5.41, 5.74) is 2.94. The van der Waals surface area contributed by atoms with Gasteiger partial charge in [-0.15, -0.1) is 0 Å². The molecule has 5 nitrogen and oxygen atoms in total. The third-order valence-electron chi connectivity index (χ3n) is 5.80. The Morgan fingerprint density at radius 1 is 1.46 bits per heavy atom. The fraction of sp³-hybridized carbons (Fsp3) is 0.684. The third-order valence-corrected chi connectivity index (χ3v) is 5.80. The fourth-order valence-electron chi connectivity index (χ4n) is 4.10. The van der Waals surface area contributed by atoms with Crippen molar-refractivity contribution in [2.24, 2.45) is 10.4 Å². The highest BCUT2D eigenvalue weighted by molar-refractivity contribution is 5.80. The SMILES string of the molecule is CCOC1CC(NC(=NC)NCCc2ccncc2C)C12CCC2. The molecule has 2 fully saturated rings. The van der Waals surface area contributed by atoms with Crippen molar-refractivity contribution < 1.29 is 4.74 Å². The molecule has 2 unspecified atom stereocenters. The molecule has 0 saturated heterocycles. The van der Waals surface area contributed by atoms with Crippen LogP contribution in [0, 0.1) is 12.3 Å². The van der Waals surface area contributed by atoms with Crippen LogP contribution in [0.1, 0.15) is 43.7 Å². The van der Waals surface area contributed by atoms with Crippen molar-refractivity contribution in [2.75, 3.05) is 20.2 Å². The van der Waals surface area contributed by atoms with Crippen LogP contribution in [0.5, 0.6) is 0 Å². The van der Waals surface area contributed by atoms with Gasteiger partial charge in [-0.25, -0.2) is 0 Å². The number of pyridine rings is 1. The molecule has 2 N–H and O–H groups in total. The van der Waals surface area contributed by atoms with E-state index in [2.05, 4.69) is 40.5 Å². The van der Waals surface area contributed by atoms with Gasteiger partial charge in [0.2, 0.25) is 0 Å². The van der Waals surface area contributed by atoms with Crippen molar-refractivity contribution in [3.05, 3.63) is 29.6 Å². The van der Waals surface area contributed by atoms with Crippen molar-refractivity contribution >= 4 is 5.96 Å². The number of aryl methyl sites for hydroxylation is 1. The van der Waals surface area contributed by atoms with Gasteiger partial charge < -0.3 is 15.4 Å². The molecule has 3 rings (SSSR count).